The van der Waals surface area contributed by atoms with E-state index >= 15 is 0 Å². The van der Waals surface area contributed by atoms with Crippen molar-refractivity contribution in [3.63, 3.8) is 0 Å². The predicted octanol–water partition coefficient (Wildman–Crippen LogP) is 4.04. The van der Waals surface area contributed by atoms with E-state index in [1.807, 2.05) is 38.1 Å². The van der Waals surface area contributed by atoms with Crippen LogP contribution in [0.1, 0.15) is 23.1 Å². The lowest BCUT2D eigenvalue weighted by Crippen LogP contribution is -2.16. The van der Waals surface area contributed by atoms with Gasteiger partial charge < -0.3 is 19.5 Å². The van der Waals surface area contributed by atoms with E-state index in [0.717, 1.165) is 11.3 Å². The summed E-state index contributed by atoms with van der Waals surface area (Å²) in [5.74, 6) is 1.88. The summed E-state index contributed by atoms with van der Waals surface area (Å²) in [6.07, 6.45) is 0.265. The van der Waals surface area contributed by atoms with Crippen LogP contribution in [0.25, 0.3) is 0 Å². The van der Waals surface area contributed by atoms with Gasteiger partial charge in [-0.1, -0.05) is 6.07 Å². The topological polar surface area (TPSA) is 56.8 Å². The van der Waals surface area contributed by atoms with E-state index < -0.39 is 0 Å². The molecule has 5 nitrogen and oxygen atoms in total. The van der Waals surface area contributed by atoms with Gasteiger partial charge in [0, 0.05) is 11.8 Å². The Morgan fingerprint density at radius 2 is 1.60 bits per heavy atom. The number of amides is 1. The molecule has 0 radical (unpaired) electrons. The van der Waals surface area contributed by atoms with Gasteiger partial charge in [-0.2, -0.15) is 0 Å². The van der Waals surface area contributed by atoms with Gasteiger partial charge in [0.05, 0.1) is 27.2 Å². The molecule has 0 saturated heterocycles. The van der Waals surface area contributed by atoms with E-state index in [1.54, 1.807) is 20.3 Å². The monoisotopic (exact) mass is 343 g/mol. The fraction of sp³-hybridized carbons (Fsp3) is 0.350. The van der Waals surface area contributed by atoms with Crippen LogP contribution in [0.2, 0.25) is 0 Å². The number of methoxy groups -OCH3 is 2. The Bertz CT molecular complexity index is 756. The normalized spacial score (nSPS) is 10.3. The maximum absolute atomic E-state index is 12.2. The fourth-order valence-electron chi connectivity index (χ4n) is 2.39. The molecule has 134 valence electrons. The first-order valence-electron chi connectivity index (χ1n) is 8.17. The number of hydrogen-bond donors (Lipinski definition) is 1. The maximum Gasteiger partial charge on any atom is 0.227 e. The molecule has 0 aromatic heterocycles. The molecule has 2 aromatic carbocycles. The van der Waals surface area contributed by atoms with Gasteiger partial charge in [0.2, 0.25) is 5.91 Å². The van der Waals surface area contributed by atoms with Crippen LogP contribution in [-0.2, 0) is 4.79 Å². The summed E-state index contributed by atoms with van der Waals surface area (Å²) < 4.78 is 16.2. The Morgan fingerprint density at radius 1 is 0.920 bits per heavy atom. The van der Waals surface area contributed by atoms with Crippen molar-refractivity contribution in [2.45, 2.75) is 27.2 Å². The first-order valence-corrected chi connectivity index (χ1v) is 8.17. The molecule has 0 aliphatic carbocycles. The minimum absolute atomic E-state index is 0.112. The van der Waals surface area contributed by atoms with Crippen molar-refractivity contribution in [2.24, 2.45) is 0 Å². The van der Waals surface area contributed by atoms with E-state index in [1.165, 1.54) is 11.1 Å². The molecule has 0 aliphatic rings. The highest BCUT2D eigenvalue weighted by molar-refractivity contribution is 5.92. The van der Waals surface area contributed by atoms with Gasteiger partial charge >= 0.3 is 0 Å². The average molecular weight is 343 g/mol. The lowest BCUT2D eigenvalue weighted by Gasteiger charge is -2.14. The molecular weight excluding hydrogens is 318 g/mol. The number of rotatable bonds is 7. The van der Waals surface area contributed by atoms with Crippen molar-refractivity contribution in [2.75, 3.05) is 26.1 Å². The summed E-state index contributed by atoms with van der Waals surface area (Å²) in [5.41, 5.74) is 3.99. The van der Waals surface area contributed by atoms with Crippen LogP contribution in [0.4, 0.5) is 5.69 Å². The summed E-state index contributed by atoms with van der Waals surface area (Å²) in [4.78, 5) is 12.2. The minimum Gasteiger partial charge on any atom is -0.493 e. The summed E-state index contributed by atoms with van der Waals surface area (Å²) in [6.45, 7) is 6.32. The Hall–Kier alpha value is -2.69. The number of carbonyl (C=O) groups is 1. The van der Waals surface area contributed by atoms with E-state index in [4.69, 9.17) is 14.2 Å². The third-order valence-corrected chi connectivity index (χ3v) is 4.08. The Morgan fingerprint density at radius 3 is 2.24 bits per heavy atom. The summed E-state index contributed by atoms with van der Waals surface area (Å²) >= 11 is 0. The van der Waals surface area contributed by atoms with Crippen LogP contribution in [0.3, 0.4) is 0 Å². The van der Waals surface area contributed by atoms with Gasteiger partial charge in [-0.05, 0) is 55.7 Å². The molecule has 5 heteroatoms. The molecule has 2 aromatic rings. The molecule has 0 unspecified atom stereocenters. The zero-order chi connectivity index (χ0) is 18.4. The van der Waals surface area contributed by atoms with Crippen LogP contribution < -0.4 is 19.5 Å². The SMILES string of the molecule is COc1cc(C)c(NC(=O)CCOc2ccc(C)c(C)c2)cc1OC. The second-order valence-corrected chi connectivity index (χ2v) is 5.91. The van der Waals surface area contributed by atoms with Crippen molar-refractivity contribution in [3.05, 3.63) is 47.0 Å². The van der Waals surface area contributed by atoms with Gasteiger partial charge in [-0.25, -0.2) is 0 Å². The lowest BCUT2D eigenvalue weighted by atomic mass is 10.1. The fourth-order valence-corrected chi connectivity index (χ4v) is 2.39. The van der Waals surface area contributed by atoms with Crippen molar-refractivity contribution < 1.29 is 19.0 Å². The van der Waals surface area contributed by atoms with E-state index in [-0.39, 0.29) is 12.3 Å². The summed E-state index contributed by atoms with van der Waals surface area (Å²) in [6, 6.07) is 9.50. The second-order valence-electron chi connectivity index (χ2n) is 5.91. The zero-order valence-electron chi connectivity index (χ0n) is 15.4. The molecule has 1 amide bonds. The highest BCUT2D eigenvalue weighted by Crippen LogP contribution is 2.32. The standard InChI is InChI=1S/C20H25NO4/c1-13-6-7-16(10-14(13)2)25-9-8-20(22)21-17-12-19(24-5)18(23-4)11-15(17)3/h6-7,10-12H,8-9H2,1-5H3,(H,21,22). The summed E-state index contributed by atoms with van der Waals surface area (Å²) in [7, 11) is 3.15. The molecule has 1 N–H and O–H groups in total. The number of carbonyl (C=O) groups excluding carboxylic acids is 1. The van der Waals surface area contributed by atoms with Crippen molar-refractivity contribution in [3.8, 4) is 17.2 Å². The zero-order valence-corrected chi connectivity index (χ0v) is 15.4. The number of nitrogens with one attached hydrogen (secondary N) is 1. The Kier molecular flexibility index (Phi) is 6.28. The average Bonchev–Trinajstić information content (AvgIpc) is 2.59. The molecular formula is C20H25NO4. The van der Waals surface area contributed by atoms with Gasteiger partial charge in [-0.3, -0.25) is 4.79 Å². The van der Waals surface area contributed by atoms with Crippen molar-refractivity contribution >= 4 is 11.6 Å². The summed E-state index contributed by atoms with van der Waals surface area (Å²) in [5, 5.41) is 2.89. The van der Waals surface area contributed by atoms with Crippen LogP contribution in [0.5, 0.6) is 17.2 Å². The van der Waals surface area contributed by atoms with E-state index in [9.17, 15) is 4.79 Å². The lowest BCUT2D eigenvalue weighted by molar-refractivity contribution is -0.116. The van der Waals surface area contributed by atoms with Crippen molar-refractivity contribution in [1.29, 1.82) is 0 Å². The molecule has 0 saturated carbocycles. The van der Waals surface area contributed by atoms with Crippen molar-refractivity contribution in [1.82, 2.24) is 0 Å². The third kappa shape index (κ3) is 4.89. The minimum atomic E-state index is -0.112. The maximum atomic E-state index is 12.2. The van der Waals surface area contributed by atoms with Crippen LogP contribution >= 0.6 is 0 Å². The number of anilines is 1. The number of benzene rings is 2. The van der Waals surface area contributed by atoms with Gasteiger partial charge in [-0.15, -0.1) is 0 Å². The largest absolute Gasteiger partial charge is 0.493 e. The molecule has 0 fully saturated rings. The third-order valence-electron chi connectivity index (χ3n) is 4.08. The molecule has 0 aliphatic heterocycles. The number of ether oxygens (including phenoxy) is 3. The molecule has 0 bridgehead atoms. The van der Waals surface area contributed by atoms with Gasteiger partial charge in [0.25, 0.3) is 0 Å². The highest BCUT2D eigenvalue weighted by atomic mass is 16.5. The van der Waals surface area contributed by atoms with Crippen LogP contribution in [0.15, 0.2) is 30.3 Å². The quantitative estimate of drug-likeness (QED) is 0.824. The smallest absolute Gasteiger partial charge is 0.227 e. The van der Waals surface area contributed by atoms with Gasteiger partial charge in [0.15, 0.2) is 11.5 Å². The Labute approximate surface area is 148 Å². The number of aryl methyl sites for hydroxylation is 3. The van der Waals surface area contributed by atoms with Crippen LogP contribution in [-0.4, -0.2) is 26.7 Å². The van der Waals surface area contributed by atoms with Crippen LogP contribution in [0, 0.1) is 20.8 Å². The highest BCUT2D eigenvalue weighted by Gasteiger charge is 2.11. The van der Waals surface area contributed by atoms with Gasteiger partial charge in [0.1, 0.15) is 5.75 Å². The van der Waals surface area contributed by atoms with E-state index in [0.29, 0.717) is 23.8 Å². The molecule has 25 heavy (non-hydrogen) atoms. The predicted molar refractivity (Wildman–Crippen MR) is 98.9 cm³/mol. The Balaban J connectivity index is 1.92. The molecule has 2 rings (SSSR count). The second kappa shape index (κ2) is 8.42. The molecule has 0 heterocycles. The molecule has 0 spiro atoms. The first-order chi connectivity index (χ1) is 11.9. The van der Waals surface area contributed by atoms with E-state index in [2.05, 4.69) is 12.2 Å². The number of hydrogen-bond acceptors (Lipinski definition) is 4. The molecule has 0 atom stereocenters. The first kappa shape index (κ1) is 18.6.